The van der Waals surface area contributed by atoms with E-state index in [4.69, 9.17) is 14.2 Å². The van der Waals surface area contributed by atoms with Crippen molar-refractivity contribution in [3.63, 3.8) is 0 Å². The monoisotopic (exact) mass is 839 g/mol. The van der Waals surface area contributed by atoms with Gasteiger partial charge in [0.15, 0.2) is 6.10 Å². The van der Waals surface area contributed by atoms with E-state index in [9.17, 15) is 9.59 Å². The van der Waals surface area contributed by atoms with Crippen LogP contribution in [0.15, 0.2) is 60.8 Å². The molecule has 0 heterocycles. The first-order chi connectivity index (χ1) is 29.6. The second-order valence-electron chi connectivity index (χ2n) is 17.0. The number of esters is 2. The van der Waals surface area contributed by atoms with Crippen molar-refractivity contribution in [2.75, 3.05) is 19.8 Å². The fraction of sp³-hybridized carbons (Fsp3) is 0.782. The van der Waals surface area contributed by atoms with E-state index in [0.717, 1.165) is 83.5 Å². The maximum atomic E-state index is 12.8. The molecule has 0 saturated carbocycles. The third-order valence-electron chi connectivity index (χ3n) is 11.0. The molecule has 0 saturated heterocycles. The number of carbonyl (C=O) groups excluding carboxylic acids is 2. The Morgan fingerprint density at radius 2 is 0.767 bits per heavy atom. The van der Waals surface area contributed by atoms with Crippen molar-refractivity contribution in [3.05, 3.63) is 60.8 Å². The van der Waals surface area contributed by atoms with Crippen molar-refractivity contribution in [2.24, 2.45) is 0 Å². The lowest BCUT2D eigenvalue weighted by Gasteiger charge is -2.18. The molecule has 0 aromatic heterocycles. The fourth-order valence-electron chi connectivity index (χ4n) is 7.19. The van der Waals surface area contributed by atoms with Crippen LogP contribution in [0.1, 0.15) is 252 Å². The quantitative estimate of drug-likeness (QED) is 0.0347. The second kappa shape index (κ2) is 51.0. The van der Waals surface area contributed by atoms with Crippen molar-refractivity contribution < 1.29 is 23.8 Å². The van der Waals surface area contributed by atoms with Crippen LogP contribution in [0.3, 0.4) is 0 Å². The van der Waals surface area contributed by atoms with Crippen LogP contribution < -0.4 is 0 Å². The topological polar surface area (TPSA) is 61.8 Å². The molecule has 0 aromatic rings. The van der Waals surface area contributed by atoms with Crippen LogP contribution in [0.4, 0.5) is 0 Å². The molecule has 0 N–H and O–H groups in total. The highest BCUT2D eigenvalue weighted by atomic mass is 16.6. The van der Waals surface area contributed by atoms with Gasteiger partial charge in [0.2, 0.25) is 0 Å². The standard InChI is InChI=1S/C55H98O5/c1-4-7-10-13-16-19-22-25-27-28-30-31-33-36-39-42-45-48-54(56)59-52-53(51-58-50-47-44-41-38-35-24-21-18-15-12-9-6-3)60-55(57)49-46-43-40-37-34-32-29-26-23-20-17-14-11-8-5-2/h7,10,15-16,18-19,25,27,30-31,53H,4-6,8-9,11-14,17,20-24,26,28-29,32-52H2,1-3H3/b10-7-,18-15-,19-16-,27-25-,31-30-. The van der Waals surface area contributed by atoms with Crippen molar-refractivity contribution >= 4 is 11.9 Å². The van der Waals surface area contributed by atoms with Crippen LogP contribution in [0.5, 0.6) is 0 Å². The summed E-state index contributed by atoms with van der Waals surface area (Å²) in [7, 11) is 0. The minimum absolute atomic E-state index is 0.0716. The summed E-state index contributed by atoms with van der Waals surface area (Å²) in [6.07, 6.45) is 63.7. The summed E-state index contributed by atoms with van der Waals surface area (Å²) in [5.41, 5.74) is 0. The van der Waals surface area contributed by atoms with Gasteiger partial charge in [-0.15, -0.1) is 0 Å². The number of ether oxygens (including phenoxy) is 3. The van der Waals surface area contributed by atoms with Gasteiger partial charge in [0.1, 0.15) is 6.61 Å². The summed E-state index contributed by atoms with van der Waals surface area (Å²) in [5, 5.41) is 0. The molecule has 0 spiro atoms. The maximum absolute atomic E-state index is 12.8. The van der Waals surface area contributed by atoms with E-state index in [0.29, 0.717) is 19.4 Å². The van der Waals surface area contributed by atoms with E-state index < -0.39 is 6.10 Å². The van der Waals surface area contributed by atoms with Crippen LogP contribution in [-0.2, 0) is 23.8 Å². The number of rotatable bonds is 47. The summed E-state index contributed by atoms with van der Waals surface area (Å²) in [6.45, 7) is 7.67. The van der Waals surface area contributed by atoms with Gasteiger partial charge in [-0.3, -0.25) is 9.59 Å². The molecule has 0 radical (unpaired) electrons. The molecule has 0 fully saturated rings. The zero-order valence-electron chi connectivity index (χ0n) is 40.0. The van der Waals surface area contributed by atoms with Gasteiger partial charge in [-0.25, -0.2) is 0 Å². The minimum atomic E-state index is -0.547. The predicted molar refractivity (Wildman–Crippen MR) is 261 cm³/mol. The van der Waals surface area contributed by atoms with Crippen molar-refractivity contribution in [1.29, 1.82) is 0 Å². The summed E-state index contributed by atoms with van der Waals surface area (Å²) in [5.74, 6) is -0.420. The number of hydrogen-bond acceptors (Lipinski definition) is 5. The molecule has 0 aliphatic rings. The number of unbranched alkanes of at least 4 members (excludes halogenated alkanes) is 26. The molecule has 1 unspecified atom stereocenters. The third kappa shape index (κ3) is 48.3. The molecule has 0 rings (SSSR count). The molecule has 0 amide bonds. The van der Waals surface area contributed by atoms with Crippen molar-refractivity contribution in [1.82, 2.24) is 0 Å². The molecule has 348 valence electrons. The number of allylic oxidation sites excluding steroid dienone is 10. The Labute approximate surface area is 373 Å². The molecule has 1 atom stereocenters. The molecule has 5 nitrogen and oxygen atoms in total. The average Bonchev–Trinajstić information content (AvgIpc) is 3.25. The Hall–Kier alpha value is -2.40. The third-order valence-corrected chi connectivity index (χ3v) is 11.0. The Balaban J connectivity index is 4.28. The fourth-order valence-corrected chi connectivity index (χ4v) is 7.19. The first kappa shape index (κ1) is 57.6. The summed E-state index contributed by atoms with van der Waals surface area (Å²) >= 11 is 0. The van der Waals surface area contributed by atoms with Crippen LogP contribution in [0.25, 0.3) is 0 Å². The molecule has 0 aromatic carbocycles. The van der Waals surface area contributed by atoms with E-state index in [-0.39, 0.29) is 25.2 Å². The number of carbonyl (C=O) groups is 2. The van der Waals surface area contributed by atoms with E-state index in [2.05, 4.69) is 81.5 Å². The van der Waals surface area contributed by atoms with E-state index >= 15 is 0 Å². The summed E-state index contributed by atoms with van der Waals surface area (Å²) in [4.78, 5) is 25.4. The summed E-state index contributed by atoms with van der Waals surface area (Å²) in [6, 6.07) is 0. The van der Waals surface area contributed by atoms with E-state index in [1.165, 1.54) is 135 Å². The summed E-state index contributed by atoms with van der Waals surface area (Å²) < 4.78 is 17.4. The van der Waals surface area contributed by atoms with E-state index in [1.54, 1.807) is 0 Å². The largest absolute Gasteiger partial charge is 0.462 e. The zero-order chi connectivity index (χ0) is 43.5. The van der Waals surface area contributed by atoms with Crippen molar-refractivity contribution in [3.8, 4) is 0 Å². The molecular weight excluding hydrogens is 741 g/mol. The van der Waals surface area contributed by atoms with E-state index in [1.807, 2.05) is 0 Å². The number of hydrogen-bond donors (Lipinski definition) is 0. The lowest BCUT2D eigenvalue weighted by molar-refractivity contribution is -0.163. The normalized spacial score (nSPS) is 12.7. The van der Waals surface area contributed by atoms with Crippen LogP contribution in [0.2, 0.25) is 0 Å². The smallest absolute Gasteiger partial charge is 0.306 e. The first-order valence-corrected chi connectivity index (χ1v) is 25.8. The Bertz CT molecular complexity index is 1040. The van der Waals surface area contributed by atoms with Crippen molar-refractivity contribution in [2.45, 2.75) is 258 Å². The van der Waals surface area contributed by atoms with Crippen LogP contribution in [0, 0.1) is 0 Å². The highest BCUT2D eigenvalue weighted by Gasteiger charge is 2.17. The average molecular weight is 839 g/mol. The van der Waals surface area contributed by atoms with Gasteiger partial charge < -0.3 is 14.2 Å². The highest BCUT2D eigenvalue weighted by molar-refractivity contribution is 5.70. The Morgan fingerprint density at radius 3 is 1.27 bits per heavy atom. The van der Waals surface area contributed by atoms with Gasteiger partial charge in [0.25, 0.3) is 0 Å². The lowest BCUT2D eigenvalue weighted by atomic mass is 10.0. The highest BCUT2D eigenvalue weighted by Crippen LogP contribution is 2.15. The SMILES string of the molecule is CC/C=C\C/C=C\C/C=C\C/C=C\CCCCCCC(=O)OCC(COCCCCCCCC/C=C\CCCC)OC(=O)CCCCCCCCCCCCCCCCC. The maximum Gasteiger partial charge on any atom is 0.306 e. The lowest BCUT2D eigenvalue weighted by Crippen LogP contribution is -2.30. The van der Waals surface area contributed by atoms with Crippen LogP contribution >= 0.6 is 0 Å². The first-order valence-electron chi connectivity index (χ1n) is 25.8. The molecular formula is C55H98O5. The minimum Gasteiger partial charge on any atom is -0.462 e. The van der Waals surface area contributed by atoms with Gasteiger partial charge in [0.05, 0.1) is 6.61 Å². The Morgan fingerprint density at radius 1 is 0.383 bits per heavy atom. The Kier molecular flexibility index (Phi) is 48.9. The van der Waals surface area contributed by atoms with Gasteiger partial charge in [-0.05, 0) is 77.0 Å². The second-order valence-corrected chi connectivity index (χ2v) is 17.0. The van der Waals surface area contributed by atoms with Gasteiger partial charge in [-0.2, -0.15) is 0 Å². The molecule has 5 heteroatoms. The van der Waals surface area contributed by atoms with Crippen LogP contribution in [-0.4, -0.2) is 37.9 Å². The predicted octanol–water partition coefficient (Wildman–Crippen LogP) is 17.3. The van der Waals surface area contributed by atoms with Gasteiger partial charge in [-0.1, -0.05) is 223 Å². The van der Waals surface area contributed by atoms with Gasteiger partial charge >= 0.3 is 11.9 Å². The molecule has 0 aliphatic heterocycles. The zero-order valence-corrected chi connectivity index (χ0v) is 40.0. The molecule has 0 bridgehead atoms. The van der Waals surface area contributed by atoms with Gasteiger partial charge in [0, 0.05) is 19.4 Å². The molecule has 60 heavy (non-hydrogen) atoms. The molecule has 0 aliphatic carbocycles.